The molecule has 11 heavy (non-hydrogen) atoms. The lowest BCUT2D eigenvalue weighted by Crippen LogP contribution is -2.23. The molecule has 0 N–H and O–H groups in total. The summed E-state index contributed by atoms with van der Waals surface area (Å²) in [6.45, 7) is 10.3. The zero-order valence-corrected chi connectivity index (χ0v) is 8.35. The Hall–Kier alpha value is -0.330. The Bertz CT molecular complexity index is 125. The number of carbonyl (C=O) groups is 1. The Kier molecular flexibility index (Phi) is 4.39. The number of hydrogen-bond acceptors (Lipinski definition) is 1. The van der Waals surface area contributed by atoms with Crippen molar-refractivity contribution < 1.29 is 4.79 Å². The zero-order chi connectivity index (χ0) is 9.02. The van der Waals surface area contributed by atoms with Crippen LogP contribution in [-0.2, 0) is 4.79 Å². The molecule has 0 aliphatic rings. The van der Waals surface area contributed by atoms with Crippen LogP contribution in [0.3, 0.4) is 0 Å². The molecule has 0 heterocycles. The molecule has 0 spiro atoms. The average Bonchev–Trinajstić information content (AvgIpc) is 1.88. The number of Topliss-reactive ketones (excluding diaryl/α,β-unsaturated/α-hetero) is 1. The van der Waals surface area contributed by atoms with Gasteiger partial charge in [-0.3, -0.25) is 4.79 Å². The van der Waals surface area contributed by atoms with E-state index in [1.54, 1.807) is 0 Å². The maximum absolute atomic E-state index is 11.5. The van der Waals surface area contributed by atoms with Gasteiger partial charge in [0.1, 0.15) is 5.78 Å². The van der Waals surface area contributed by atoms with Crippen LogP contribution in [-0.4, -0.2) is 5.78 Å². The molecule has 0 rings (SSSR count). The maximum atomic E-state index is 11.5. The van der Waals surface area contributed by atoms with Crippen LogP contribution in [0.2, 0.25) is 0 Å². The Morgan fingerprint density at radius 1 is 1.18 bits per heavy atom. The zero-order valence-electron chi connectivity index (χ0n) is 8.35. The van der Waals surface area contributed by atoms with Crippen molar-refractivity contribution in [1.82, 2.24) is 0 Å². The first-order valence-electron chi connectivity index (χ1n) is 4.54. The first kappa shape index (κ1) is 10.7. The molecule has 0 saturated carbocycles. The van der Waals surface area contributed by atoms with Crippen LogP contribution in [0.5, 0.6) is 0 Å². The average molecular weight is 156 g/mol. The van der Waals surface area contributed by atoms with E-state index in [-0.39, 0.29) is 11.8 Å². The quantitative estimate of drug-likeness (QED) is 0.611. The molecule has 1 heteroatoms. The van der Waals surface area contributed by atoms with Gasteiger partial charge < -0.3 is 0 Å². The highest BCUT2D eigenvalue weighted by Gasteiger charge is 2.21. The van der Waals surface area contributed by atoms with Gasteiger partial charge in [-0.1, -0.05) is 34.6 Å². The summed E-state index contributed by atoms with van der Waals surface area (Å²) in [7, 11) is 0. The van der Waals surface area contributed by atoms with E-state index in [1.807, 2.05) is 13.8 Å². The first-order valence-corrected chi connectivity index (χ1v) is 4.54. The van der Waals surface area contributed by atoms with E-state index in [1.165, 1.54) is 0 Å². The van der Waals surface area contributed by atoms with Crippen molar-refractivity contribution >= 4 is 5.78 Å². The molecule has 0 amide bonds. The highest BCUT2D eigenvalue weighted by atomic mass is 16.1. The van der Waals surface area contributed by atoms with Gasteiger partial charge in [-0.05, 0) is 12.3 Å². The summed E-state index contributed by atoms with van der Waals surface area (Å²) in [6, 6.07) is 0. The van der Waals surface area contributed by atoms with E-state index < -0.39 is 0 Å². The van der Waals surface area contributed by atoms with Gasteiger partial charge in [-0.25, -0.2) is 0 Å². The Labute approximate surface area is 70.2 Å². The fraction of sp³-hybridized carbons (Fsp3) is 0.900. The molecule has 0 aliphatic carbocycles. The van der Waals surface area contributed by atoms with Gasteiger partial charge in [0.2, 0.25) is 0 Å². The van der Waals surface area contributed by atoms with Gasteiger partial charge in [0.25, 0.3) is 0 Å². The first-order chi connectivity index (χ1) is 5.00. The second kappa shape index (κ2) is 4.53. The number of carbonyl (C=O) groups excluding carboxylic acids is 1. The summed E-state index contributed by atoms with van der Waals surface area (Å²) in [5.74, 6) is 1.38. The minimum absolute atomic E-state index is 0.197. The normalized spacial score (nSPS) is 14.1. The van der Waals surface area contributed by atoms with E-state index in [0.717, 1.165) is 6.42 Å². The Morgan fingerprint density at radius 2 is 1.64 bits per heavy atom. The minimum atomic E-state index is 0.197. The topological polar surface area (TPSA) is 17.1 Å². The smallest absolute Gasteiger partial charge is 0.138 e. The van der Waals surface area contributed by atoms with Crippen molar-refractivity contribution in [2.75, 3.05) is 0 Å². The molecule has 0 aromatic heterocycles. The van der Waals surface area contributed by atoms with Crippen molar-refractivity contribution in [3.63, 3.8) is 0 Å². The summed E-state index contributed by atoms with van der Waals surface area (Å²) in [6.07, 6.45) is 0.981. The Balaban J connectivity index is 4.15. The summed E-state index contributed by atoms with van der Waals surface area (Å²) in [5.41, 5.74) is 0. The molecule has 1 nitrogen and oxygen atoms in total. The van der Waals surface area contributed by atoms with Crippen molar-refractivity contribution in [3.8, 4) is 0 Å². The van der Waals surface area contributed by atoms with Gasteiger partial charge in [0.05, 0.1) is 0 Å². The molecular weight excluding hydrogens is 136 g/mol. The van der Waals surface area contributed by atoms with Crippen LogP contribution < -0.4 is 0 Å². The van der Waals surface area contributed by atoms with Crippen molar-refractivity contribution in [3.05, 3.63) is 0 Å². The lowest BCUT2D eigenvalue weighted by atomic mass is 9.84. The van der Waals surface area contributed by atoms with Crippen molar-refractivity contribution in [2.24, 2.45) is 17.8 Å². The highest BCUT2D eigenvalue weighted by Crippen LogP contribution is 2.19. The number of ketones is 1. The number of rotatable bonds is 4. The third kappa shape index (κ3) is 3.04. The van der Waals surface area contributed by atoms with Crippen molar-refractivity contribution in [1.29, 1.82) is 0 Å². The largest absolute Gasteiger partial charge is 0.299 e. The number of hydrogen-bond donors (Lipinski definition) is 0. The summed E-state index contributed by atoms with van der Waals surface area (Å²) < 4.78 is 0. The molecule has 0 unspecified atom stereocenters. The molecule has 0 aliphatic heterocycles. The van der Waals surface area contributed by atoms with E-state index in [2.05, 4.69) is 20.8 Å². The van der Waals surface area contributed by atoms with Crippen LogP contribution >= 0.6 is 0 Å². The van der Waals surface area contributed by atoms with Crippen LogP contribution in [0, 0.1) is 17.8 Å². The third-order valence-corrected chi connectivity index (χ3v) is 2.18. The summed E-state index contributed by atoms with van der Waals surface area (Å²) in [4.78, 5) is 11.5. The van der Waals surface area contributed by atoms with E-state index in [4.69, 9.17) is 0 Å². The van der Waals surface area contributed by atoms with Gasteiger partial charge in [-0.2, -0.15) is 0 Å². The highest BCUT2D eigenvalue weighted by molar-refractivity contribution is 5.82. The van der Waals surface area contributed by atoms with Gasteiger partial charge in [0.15, 0.2) is 0 Å². The minimum Gasteiger partial charge on any atom is -0.299 e. The van der Waals surface area contributed by atoms with Crippen LogP contribution in [0.1, 0.15) is 41.0 Å². The van der Waals surface area contributed by atoms with Crippen molar-refractivity contribution in [2.45, 2.75) is 41.0 Å². The molecule has 0 aromatic carbocycles. The maximum Gasteiger partial charge on any atom is 0.138 e. The molecule has 0 aromatic rings. The molecule has 0 radical (unpaired) electrons. The van der Waals surface area contributed by atoms with Crippen LogP contribution in [0.15, 0.2) is 0 Å². The Morgan fingerprint density at radius 3 is 1.73 bits per heavy atom. The van der Waals surface area contributed by atoms with Crippen LogP contribution in [0.4, 0.5) is 0 Å². The molecule has 1 atom stereocenters. The van der Waals surface area contributed by atoms with Gasteiger partial charge in [0, 0.05) is 11.8 Å². The standard InChI is InChI=1S/C10H20O/c1-6-9(7(2)3)10(11)8(4)5/h7-9H,6H2,1-5H3/t9-/m0/s1. The van der Waals surface area contributed by atoms with Gasteiger partial charge >= 0.3 is 0 Å². The van der Waals surface area contributed by atoms with Gasteiger partial charge in [-0.15, -0.1) is 0 Å². The fourth-order valence-electron chi connectivity index (χ4n) is 1.43. The molecular formula is C10H20O. The third-order valence-electron chi connectivity index (χ3n) is 2.18. The van der Waals surface area contributed by atoms with E-state index >= 15 is 0 Å². The summed E-state index contributed by atoms with van der Waals surface area (Å²) in [5, 5.41) is 0. The van der Waals surface area contributed by atoms with Crippen LogP contribution in [0.25, 0.3) is 0 Å². The predicted octanol–water partition coefficient (Wildman–Crippen LogP) is 2.89. The fourth-order valence-corrected chi connectivity index (χ4v) is 1.43. The molecule has 0 fully saturated rings. The van der Waals surface area contributed by atoms with E-state index in [9.17, 15) is 4.79 Å². The SMILES string of the molecule is CC[C@H](C(=O)C(C)C)C(C)C. The second-order valence-electron chi connectivity index (χ2n) is 3.82. The lowest BCUT2D eigenvalue weighted by molar-refractivity contribution is -0.127. The monoisotopic (exact) mass is 156 g/mol. The van der Waals surface area contributed by atoms with E-state index in [0.29, 0.717) is 11.7 Å². The summed E-state index contributed by atoms with van der Waals surface area (Å²) >= 11 is 0. The molecule has 66 valence electrons. The molecule has 0 saturated heterocycles. The second-order valence-corrected chi connectivity index (χ2v) is 3.82. The predicted molar refractivity (Wildman–Crippen MR) is 48.5 cm³/mol. The lowest BCUT2D eigenvalue weighted by Gasteiger charge is -2.19. The molecule has 0 bridgehead atoms.